The third-order valence-corrected chi connectivity index (χ3v) is 3.74. The minimum Gasteiger partial charge on any atom is -0.427 e. The first-order valence-electron chi connectivity index (χ1n) is 7.80. The molecule has 128 valence electrons. The first-order valence-corrected chi connectivity index (χ1v) is 7.80. The Morgan fingerprint density at radius 2 is 1.36 bits per heavy atom. The molecule has 0 aliphatic heterocycles. The van der Waals surface area contributed by atoms with E-state index in [-0.39, 0.29) is 11.9 Å². The highest BCUT2D eigenvalue weighted by Crippen LogP contribution is 2.29. The Kier molecular flexibility index (Phi) is 5.56. The van der Waals surface area contributed by atoms with Gasteiger partial charge in [0.15, 0.2) is 0 Å². The van der Waals surface area contributed by atoms with E-state index in [1.807, 2.05) is 19.1 Å². The number of carbonyl (C=O) groups excluding carboxylic acids is 2. The molecule has 0 amide bonds. The maximum Gasteiger partial charge on any atom is 0.308 e. The number of nitriles is 1. The van der Waals surface area contributed by atoms with E-state index in [1.165, 1.54) is 13.8 Å². The molecule has 0 saturated carbocycles. The van der Waals surface area contributed by atoms with Crippen LogP contribution in [0.15, 0.2) is 48.5 Å². The summed E-state index contributed by atoms with van der Waals surface area (Å²) >= 11 is 0. The molecule has 0 N–H and O–H groups in total. The van der Waals surface area contributed by atoms with Crippen LogP contribution in [0, 0.1) is 11.3 Å². The fourth-order valence-electron chi connectivity index (χ4n) is 2.51. The summed E-state index contributed by atoms with van der Waals surface area (Å²) in [6, 6.07) is 16.4. The van der Waals surface area contributed by atoms with Crippen LogP contribution in [0.5, 0.6) is 11.5 Å². The van der Waals surface area contributed by atoms with Crippen LogP contribution in [0.2, 0.25) is 0 Å². The van der Waals surface area contributed by atoms with Gasteiger partial charge in [-0.1, -0.05) is 24.3 Å². The lowest BCUT2D eigenvalue weighted by Crippen LogP contribution is -2.22. The molecule has 0 radical (unpaired) electrons. The van der Waals surface area contributed by atoms with Gasteiger partial charge >= 0.3 is 11.9 Å². The third kappa shape index (κ3) is 4.92. The lowest BCUT2D eigenvalue weighted by molar-refractivity contribution is -0.132. The van der Waals surface area contributed by atoms with Gasteiger partial charge in [-0.3, -0.25) is 9.59 Å². The minimum absolute atomic E-state index is 0.373. The first kappa shape index (κ1) is 18.2. The van der Waals surface area contributed by atoms with E-state index in [2.05, 4.69) is 6.07 Å². The molecule has 0 spiro atoms. The molecule has 5 heteroatoms. The summed E-state index contributed by atoms with van der Waals surface area (Å²) in [4.78, 5) is 21.9. The van der Waals surface area contributed by atoms with Crippen LogP contribution in [0.25, 0.3) is 0 Å². The van der Waals surface area contributed by atoms with Crippen LogP contribution < -0.4 is 9.47 Å². The Balaban J connectivity index is 2.18. The number of hydrogen-bond acceptors (Lipinski definition) is 5. The van der Waals surface area contributed by atoms with Crippen molar-refractivity contribution in [2.24, 2.45) is 0 Å². The van der Waals surface area contributed by atoms with Crippen LogP contribution in [0.1, 0.15) is 31.9 Å². The van der Waals surface area contributed by atoms with Gasteiger partial charge in [-0.2, -0.15) is 5.26 Å². The van der Waals surface area contributed by atoms with Crippen molar-refractivity contribution in [3.63, 3.8) is 0 Å². The van der Waals surface area contributed by atoms with E-state index in [0.29, 0.717) is 17.9 Å². The van der Waals surface area contributed by atoms with Crippen molar-refractivity contribution in [2.75, 3.05) is 0 Å². The molecule has 0 aliphatic carbocycles. The van der Waals surface area contributed by atoms with Crippen molar-refractivity contribution in [2.45, 2.75) is 32.6 Å². The number of benzene rings is 2. The number of hydrogen-bond donors (Lipinski definition) is 0. The fourth-order valence-corrected chi connectivity index (χ4v) is 2.51. The quantitative estimate of drug-likeness (QED) is 0.616. The molecule has 0 fully saturated rings. The Bertz CT molecular complexity index is 803. The summed E-state index contributed by atoms with van der Waals surface area (Å²) < 4.78 is 10.0. The van der Waals surface area contributed by atoms with Gasteiger partial charge in [0, 0.05) is 13.8 Å². The molecular formula is C20H19NO4. The van der Waals surface area contributed by atoms with E-state index < -0.39 is 5.41 Å². The lowest BCUT2D eigenvalue weighted by Gasteiger charge is -2.22. The van der Waals surface area contributed by atoms with Gasteiger partial charge in [-0.25, -0.2) is 0 Å². The van der Waals surface area contributed by atoms with Crippen LogP contribution in [-0.4, -0.2) is 11.9 Å². The summed E-state index contributed by atoms with van der Waals surface area (Å²) in [6.45, 7) is 4.54. The molecule has 2 aromatic rings. The third-order valence-electron chi connectivity index (χ3n) is 3.74. The summed E-state index contributed by atoms with van der Waals surface area (Å²) in [6.07, 6.45) is 0.497. The van der Waals surface area contributed by atoms with E-state index in [4.69, 9.17) is 9.47 Å². The predicted molar refractivity (Wildman–Crippen MR) is 92.2 cm³/mol. The van der Waals surface area contributed by atoms with Gasteiger partial charge in [0.25, 0.3) is 0 Å². The zero-order chi connectivity index (χ0) is 18.4. The summed E-state index contributed by atoms with van der Waals surface area (Å²) in [7, 11) is 0. The molecule has 0 saturated heterocycles. The van der Waals surface area contributed by atoms with Crippen molar-refractivity contribution in [3.05, 3.63) is 59.7 Å². The van der Waals surface area contributed by atoms with Crippen LogP contribution in [0.4, 0.5) is 0 Å². The molecule has 0 aromatic heterocycles. The van der Waals surface area contributed by atoms with Gasteiger partial charge in [0.1, 0.15) is 11.5 Å². The zero-order valence-corrected chi connectivity index (χ0v) is 14.4. The monoisotopic (exact) mass is 337 g/mol. The molecule has 2 rings (SSSR count). The van der Waals surface area contributed by atoms with Crippen molar-refractivity contribution >= 4 is 11.9 Å². The highest BCUT2D eigenvalue weighted by molar-refractivity contribution is 5.69. The Morgan fingerprint density at radius 1 is 0.920 bits per heavy atom. The second-order valence-electron chi connectivity index (χ2n) is 5.98. The largest absolute Gasteiger partial charge is 0.427 e. The van der Waals surface area contributed by atoms with Gasteiger partial charge in [0.2, 0.25) is 0 Å². The highest BCUT2D eigenvalue weighted by atomic mass is 16.5. The molecule has 0 bridgehead atoms. The van der Waals surface area contributed by atoms with E-state index >= 15 is 0 Å². The number of esters is 2. The molecule has 1 atom stereocenters. The average molecular weight is 337 g/mol. The van der Waals surface area contributed by atoms with E-state index in [1.54, 1.807) is 36.4 Å². The summed E-state index contributed by atoms with van der Waals surface area (Å²) in [5.41, 5.74) is 1.04. The van der Waals surface area contributed by atoms with Crippen LogP contribution >= 0.6 is 0 Å². The number of rotatable bonds is 5. The maximum atomic E-state index is 11.0. The normalized spacial score (nSPS) is 12.6. The number of ether oxygens (including phenoxy) is 2. The highest BCUT2D eigenvalue weighted by Gasteiger charge is 2.27. The molecule has 0 aliphatic rings. The molecule has 0 heterocycles. The molecule has 2 aromatic carbocycles. The Labute approximate surface area is 146 Å². The lowest BCUT2D eigenvalue weighted by atomic mass is 9.78. The van der Waals surface area contributed by atoms with Crippen molar-refractivity contribution in [1.29, 1.82) is 5.26 Å². The smallest absolute Gasteiger partial charge is 0.308 e. The van der Waals surface area contributed by atoms with Crippen molar-refractivity contribution in [3.8, 4) is 17.6 Å². The second kappa shape index (κ2) is 7.63. The molecule has 0 unspecified atom stereocenters. The van der Waals surface area contributed by atoms with Crippen molar-refractivity contribution < 1.29 is 19.1 Å². The molecule has 5 nitrogen and oxygen atoms in total. The predicted octanol–water partition coefficient (Wildman–Crippen LogP) is 3.56. The topological polar surface area (TPSA) is 76.4 Å². The summed E-state index contributed by atoms with van der Waals surface area (Å²) in [5, 5.41) is 9.68. The van der Waals surface area contributed by atoms with Gasteiger partial charge in [0.05, 0.1) is 11.5 Å². The minimum atomic E-state index is -0.738. The van der Waals surface area contributed by atoms with Crippen molar-refractivity contribution in [1.82, 2.24) is 0 Å². The standard InChI is InChI=1S/C20H19NO4/c1-14(22)24-18-8-4-16(5-9-18)12-20(3,13-21)17-6-10-19(11-7-17)25-15(2)23/h4-11H,12H2,1-3H3/t20-/m0/s1. The van der Waals surface area contributed by atoms with Crippen LogP contribution in [-0.2, 0) is 21.4 Å². The van der Waals surface area contributed by atoms with Gasteiger partial charge in [-0.15, -0.1) is 0 Å². The Morgan fingerprint density at radius 3 is 1.76 bits per heavy atom. The number of nitrogens with zero attached hydrogens (tertiary/aromatic N) is 1. The fraction of sp³-hybridized carbons (Fsp3) is 0.250. The van der Waals surface area contributed by atoms with E-state index in [0.717, 1.165) is 11.1 Å². The second-order valence-corrected chi connectivity index (χ2v) is 5.98. The van der Waals surface area contributed by atoms with E-state index in [9.17, 15) is 14.9 Å². The first-order chi connectivity index (χ1) is 11.8. The van der Waals surface area contributed by atoms with Crippen LogP contribution in [0.3, 0.4) is 0 Å². The summed E-state index contributed by atoms with van der Waals surface area (Å²) in [5.74, 6) is 0.161. The average Bonchev–Trinajstić information content (AvgIpc) is 2.56. The van der Waals surface area contributed by atoms with Gasteiger partial charge in [-0.05, 0) is 48.7 Å². The Hall–Kier alpha value is -3.13. The SMILES string of the molecule is CC(=O)Oc1ccc(C[C@@](C)(C#N)c2ccc(OC(C)=O)cc2)cc1. The molecular weight excluding hydrogens is 318 g/mol. The zero-order valence-electron chi connectivity index (χ0n) is 14.4. The maximum absolute atomic E-state index is 11.0. The number of carbonyl (C=O) groups is 2. The van der Waals surface area contributed by atoms with Gasteiger partial charge < -0.3 is 9.47 Å². The molecule has 25 heavy (non-hydrogen) atoms.